The lowest BCUT2D eigenvalue weighted by Gasteiger charge is -2.32. The summed E-state index contributed by atoms with van der Waals surface area (Å²) in [5.74, 6) is 1.96. The lowest BCUT2D eigenvalue weighted by Crippen LogP contribution is -2.41. The predicted octanol–water partition coefficient (Wildman–Crippen LogP) is 4.94. The highest BCUT2D eigenvalue weighted by molar-refractivity contribution is 5.78. The number of hydrogen-bond donors (Lipinski definition) is 1. The molecule has 6 heteroatoms. The molecule has 34 heavy (non-hydrogen) atoms. The van der Waals surface area contributed by atoms with Crippen LogP contribution in [0.4, 0.5) is 0 Å². The normalized spacial score (nSPS) is 18.5. The maximum absolute atomic E-state index is 12.7. The van der Waals surface area contributed by atoms with Gasteiger partial charge < -0.3 is 14.6 Å². The Morgan fingerprint density at radius 3 is 2.59 bits per heavy atom. The van der Waals surface area contributed by atoms with Gasteiger partial charge in [-0.2, -0.15) is 0 Å². The number of rotatable bonds is 9. The van der Waals surface area contributed by atoms with Gasteiger partial charge in [0.25, 0.3) is 0 Å². The Hall–Kier alpha value is -2.18. The molecule has 2 aliphatic rings. The first-order valence-corrected chi connectivity index (χ1v) is 13.2. The van der Waals surface area contributed by atoms with E-state index in [1.54, 1.807) is 0 Å². The second-order valence-electron chi connectivity index (χ2n) is 10.3. The highest BCUT2D eigenvalue weighted by Gasteiger charge is 2.26. The molecule has 186 valence electrons. The molecule has 1 aromatic carbocycles. The number of likely N-dealkylation sites (tertiary alicyclic amines) is 1. The number of nitrogens with zero attached hydrogens (tertiary/aromatic N) is 3. The van der Waals surface area contributed by atoms with E-state index in [0.717, 1.165) is 75.0 Å². The number of hydrogen-bond acceptors (Lipinski definition) is 5. The molecule has 0 radical (unpaired) electrons. The Morgan fingerprint density at radius 1 is 1.12 bits per heavy atom. The van der Waals surface area contributed by atoms with Crippen molar-refractivity contribution in [1.82, 2.24) is 20.1 Å². The second kappa shape index (κ2) is 12.0. The molecular formula is C28H42N4O2. The van der Waals surface area contributed by atoms with Gasteiger partial charge in [0.1, 0.15) is 5.76 Å². The molecule has 2 fully saturated rings. The van der Waals surface area contributed by atoms with Crippen molar-refractivity contribution in [2.45, 2.75) is 77.8 Å². The molecule has 0 bridgehead atoms. The maximum Gasteiger partial charge on any atom is 0.226 e. The predicted molar refractivity (Wildman–Crippen MR) is 137 cm³/mol. The molecule has 0 atom stereocenters. The Labute approximate surface area is 205 Å². The van der Waals surface area contributed by atoms with Crippen molar-refractivity contribution in [3.63, 3.8) is 0 Å². The van der Waals surface area contributed by atoms with Crippen LogP contribution in [-0.2, 0) is 11.3 Å². The average Bonchev–Trinajstić information content (AvgIpc) is 3.22. The van der Waals surface area contributed by atoms with Gasteiger partial charge in [0.05, 0.1) is 5.69 Å². The number of oxazole rings is 1. The van der Waals surface area contributed by atoms with E-state index in [1.165, 1.54) is 37.7 Å². The van der Waals surface area contributed by atoms with E-state index in [1.807, 2.05) is 19.1 Å². The van der Waals surface area contributed by atoms with E-state index in [4.69, 9.17) is 9.40 Å². The molecule has 2 heterocycles. The maximum atomic E-state index is 12.7. The van der Waals surface area contributed by atoms with E-state index in [0.29, 0.717) is 5.89 Å². The summed E-state index contributed by atoms with van der Waals surface area (Å²) in [6.45, 7) is 8.57. The van der Waals surface area contributed by atoms with Crippen molar-refractivity contribution < 1.29 is 9.21 Å². The summed E-state index contributed by atoms with van der Waals surface area (Å²) in [6.07, 6.45) is 9.66. The molecule has 1 saturated carbocycles. The molecule has 1 aliphatic heterocycles. The molecule has 1 aromatic heterocycles. The number of aromatic nitrogens is 1. The first kappa shape index (κ1) is 24.9. The zero-order chi connectivity index (χ0) is 23.9. The van der Waals surface area contributed by atoms with Crippen molar-refractivity contribution in [2.24, 2.45) is 5.92 Å². The molecular weight excluding hydrogens is 424 g/mol. The van der Waals surface area contributed by atoms with Gasteiger partial charge in [0.2, 0.25) is 11.8 Å². The van der Waals surface area contributed by atoms with E-state index < -0.39 is 0 Å². The number of amides is 1. The van der Waals surface area contributed by atoms with Crippen LogP contribution in [0.1, 0.15) is 68.4 Å². The number of carbonyl (C=O) groups excluding carboxylic acids is 1. The van der Waals surface area contributed by atoms with Gasteiger partial charge in [0, 0.05) is 30.6 Å². The first-order valence-electron chi connectivity index (χ1n) is 13.2. The van der Waals surface area contributed by atoms with Gasteiger partial charge >= 0.3 is 0 Å². The Morgan fingerprint density at radius 2 is 1.85 bits per heavy atom. The topological polar surface area (TPSA) is 61.6 Å². The zero-order valence-electron chi connectivity index (χ0n) is 21.3. The fourth-order valence-corrected chi connectivity index (χ4v) is 5.46. The highest BCUT2D eigenvalue weighted by atomic mass is 16.4. The van der Waals surface area contributed by atoms with Gasteiger partial charge in [-0.25, -0.2) is 4.98 Å². The molecule has 0 spiro atoms. The summed E-state index contributed by atoms with van der Waals surface area (Å²) in [6, 6.07) is 8.94. The van der Waals surface area contributed by atoms with Crippen molar-refractivity contribution in [2.75, 3.05) is 33.2 Å². The van der Waals surface area contributed by atoms with Crippen LogP contribution in [0.2, 0.25) is 0 Å². The molecule has 0 unspecified atom stereocenters. The summed E-state index contributed by atoms with van der Waals surface area (Å²) in [4.78, 5) is 22.4. The lowest BCUT2D eigenvalue weighted by atomic mass is 9.94. The third kappa shape index (κ3) is 6.48. The fourth-order valence-electron chi connectivity index (χ4n) is 5.46. The van der Waals surface area contributed by atoms with Crippen LogP contribution < -0.4 is 5.32 Å². The third-order valence-corrected chi connectivity index (χ3v) is 7.78. The van der Waals surface area contributed by atoms with E-state index in [-0.39, 0.29) is 11.8 Å². The number of piperidine rings is 1. The van der Waals surface area contributed by atoms with Crippen LogP contribution in [0.15, 0.2) is 28.7 Å². The summed E-state index contributed by atoms with van der Waals surface area (Å²) in [5.41, 5.74) is 3.23. The minimum atomic E-state index is 0.133. The van der Waals surface area contributed by atoms with E-state index in [9.17, 15) is 4.79 Å². The number of aryl methyl sites for hydroxylation is 2. The molecule has 4 rings (SSSR count). The van der Waals surface area contributed by atoms with Crippen LogP contribution in [0.25, 0.3) is 11.5 Å². The first-order chi connectivity index (χ1) is 16.5. The largest absolute Gasteiger partial charge is 0.441 e. The average molecular weight is 467 g/mol. The SMILES string of the molecule is Cc1ccccc1-c1nc(CN2CCC(C(=O)NCCCN(C)C3CCCCC3)CC2)c(C)o1. The highest BCUT2D eigenvalue weighted by Crippen LogP contribution is 2.27. The third-order valence-electron chi connectivity index (χ3n) is 7.78. The number of carbonyl (C=O) groups is 1. The summed E-state index contributed by atoms with van der Waals surface area (Å²) in [5, 5.41) is 3.20. The number of benzene rings is 1. The van der Waals surface area contributed by atoms with Gasteiger partial charge in [0.15, 0.2) is 0 Å². The smallest absolute Gasteiger partial charge is 0.226 e. The molecule has 1 saturated heterocycles. The van der Waals surface area contributed by atoms with Crippen molar-refractivity contribution in [3.8, 4) is 11.5 Å². The van der Waals surface area contributed by atoms with Crippen molar-refractivity contribution in [3.05, 3.63) is 41.3 Å². The van der Waals surface area contributed by atoms with Gasteiger partial charge in [-0.15, -0.1) is 0 Å². The Bertz CT molecular complexity index is 926. The van der Waals surface area contributed by atoms with Gasteiger partial charge in [-0.1, -0.05) is 37.5 Å². The molecule has 1 N–H and O–H groups in total. The summed E-state index contributed by atoms with van der Waals surface area (Å²) < 4.78 is 5.99. The van der Waals surface area contributed by atoms with Crippen LogP contribution in [0, 0.1) is 19.8 Å². The second-order valence-corrected chi connectivity index (χ2v) is 10.3. The summed E-state index contributed by atoms with van der Waals surface area (Å²) in [7, 11) is 2.24. The molecule has 6 nitrogen and oxygen atoms in total. The van der Waals surface area contributed by atoms with Crippen molar-refractivity contribution in [1.29, 1.82) is 0 Å². The molecule has 1 amide bonds. The van der Waals surface area contributed by atoms with Crippen LogP contribution in [-0.4, -0.2) is 60.0 Å². The van der Waals surface area contributed by atoms with Gasteiger partial charge in [-0.05, 0) is 84.3 Å². The Balaban J connectivity index is 1.17. The quantitative estimate of drug-likeness (QED) is 0.530. The minimum absolute atomic E-state index is 0.133. The molecule has 1 aliphatic carbocycles. The minimum Gasteiger partial charge on any atom is -0.441 e. The fraction of sp³-hybridized carbons (Fsp3) is 0.643. The van der Waals surface area contributed by atoms with E-state index in [2.05, 4.69) is 41.2 Å². The number of nitrogens with one attached hydrogen (secondary N) is 1. The summed E-state index contributed by atoms with van der Waals surface area (Å²) >= 11 is 0. The van der Waals surface area contributed by atoms with Gasteiger partial charge in [-0.3, -0.25) is 9.69 Å². The molecule has 2 aromatic rings. The van der Waals surface area contributed by atoms with Crippen LogP contribution >= 0.6 is 0 Å². The lowest BCUT2D eigenvalue weighted by molar-refractivity contribution is -0.126. The standard InChI is InChI=1S/C28H42N4O2/c1-21-10-7-8-13-25(21)28-30-26(22(2)34-28)20-32-18-14-23(15-19-32)27(33)29-16-9-17-31(3)24-11-5-4-6-12-24/h7-8,10,13,23-24H,4-6,9,11-12,14-20H2,1-3H3,(H,29,33). The van der Waals surface area contributed by atoms with Crippen molar-refractivity contribution >= 4 is 5.91 Å². The van der Waals surface area contributed by atoms with Crippen LogP contribution in [0.5, 0.6) is 0 Å². The van der Waals surface area contributed by atoms with E-state index >= 15 is 0 Å². The van der Waals surface area contributed by atoms with Crippen LogP contribution in [0.3, 0.4) is 0 Å². The monoisotopic (exact) mass is 466 g/mol. The zero-order valence-corrected chi connectivity index (χ0v) is 21.3. The Kier molecular flexibility index (Phi) is 8.79.